The van der Waals surface area contributed by atoms with Crippen molar-refractivity contribution in [3.05, 3.63) is 0 Å². The second kappa shape index (κ2) is 3.61. The summed E-state index contributed by atoms with van der Waals surface area (Å²) in [6.45, 7) is 6.02. The van der Waals surface area contributed by atoms with Crippen LogP contribution in [0.15, 0.2) is 0 Å². The van der Waals surface area contributed by atoms with E-state index in [9.17, 15) is 4.79 Å². The minimum absolute atomic E-state index is 0.153. The van der Waals surface area contributed by atoms with Crippen molar-refractivity contribution in [3.63, 3.8) is 0 Å². The Balaban J connectivity index is 2.41. The maximum Gasteiger partial charge on any atom is 0.320 e. The molecule has 0 aromatic rings. The van der Waals surface area contributed by atoms with Gasteiger partial charge in [-0.05, 0) is 38.5 Å². The van der Waals surface area contributed by atoms with E-state index in [0.717, 1.165) is 6.42 Å². The number of ether oxygens (including phenoxy) is 1. The second-order valence-electron chi connectivity index (χ2n) is 5.06. The Morgan fingerprint density at radius 1 is 1.57 bits per heavy atom. The lowest BCUT2D eigenvalue weighted by Crippen LogP contribution is -2.30. The molecule has 0 aliphatic heterocycles. The summed E-state index contributed by atoms with van der Waals surface area (Å²) < 4.78 is 5.23. The Labute approximate surface area is 85.1 Å². The lowest BCUT2D eigenvalue weighted by molar-refractivity contribution is -0.156. The van der Waals surface area contributed by atoms with Gasteiger partial charge in [-0.2, -0.15) is 5.26 Å². The summed E-state index contributed by atoms with van der Waals surface area (Å²) in [4.78, 5) is 11.1. The van der Waals surface area contributed by atoms with Crippen LogP contribution in [-0.2, 0) is 9.53 Å². The Morgan fingerprint density at radius 3 is 2.57 bits per heavy atom. The van der Waals surface area contributed by atoms with E-state index >= 15 is 0 Å². The molecule has 0 unspecified atom stereocenters. The average Bonchev–Trinajstić information content (AvgIpc) is 2.64. The Hall–Kier alpha value is -1.04. The van der Waals surface area contributed by atoms with Crippen molar-refractivity contribution >= 4 is 5.97 Å². The number of nitriles is 1. The maximum absolute atomic E-state index is 11.1. The number of esters is 1. The number of carbonyl (C=O) groups excluding carboxylic acids is 1. The second-order valence-corrected chi connectivity index (χ2v) is 5.06. The van der Waals surface area contributed by atoms with E-state index in [0.29, 0.717) is 5.41 Å². The first kappa shape index (κ1) is 11.0. The molecule has 0 aromatic heterocycles. The molecule has 1 aliphatic rings. The summed E-state index contributed by atoms with van der Waals surface area (Å²) in [5, 5.41) is 8.33. The van der Waals surface area contributed by atoms with Gasteiger partial charge in [0.1, 0.15) is 12.0 Å². The summed E-state index contributed by atoms with van der Waals surface area (Å²) in [7, 11) is 0. The van der Waals surface area contributed by atoms with Gasteiger partial charge in [-0.15, -0.1) is 0 Å². The molecule has 1 saturated carbocycles. The lowest BCUT2D eigenvalue weighted by Gasteiger charge is -2.27. The zero-order valence-electron chi connectivity index (χ0n) is 9.09. The van der Waals surface area contributed by atoms with Crippen molar-refractivity contribution in [1.82, 2.24) is 0 Å². The van der Waals surface area contributed by atoms with E-state index in [4.69, 9.17) is 10.00 Å². The van der Waals surface area contributed by atoms with Gasteiger partial charge in [0.05, 0.1) is 6.07 Å². The fourth-order valence-corrected chi connectivity index (χ4v) is 1.86. The SMILES string of the molecule is CC1(CC(C)(C)OC(=O)CC#N)CC1. The molecule has 0 heterocycles. The number of hydrogen-bond acceptors (Lipinski definition) is 3. The highest BCUT2D eigenvalue weighted by Gasteiger charge is 2.43. The summed E-state index contributed by atoms with van der Waals surface area (Å²) in [6.07, 6.45) is 3.16. The normalized spacial score (nSPS) is 18.4. The molecule has 3 heteroatoms. The lowest BCUT2D eigenvalue weighted by atomic mass is 9.92. The third kappa shape index (κ3) is 3.37. The van der Waals surface area contributed by atoms with Crippen molar-refractivity contribution in [2.24, 2.45) is 5.41 Å². The molecule has 78 valence electrons. The van der Waals surface area contributed by atoms with E-state index in [1.165, 1.54) is 12.8 Å². The van der Waals surface area contributed by atoms with Crippen LogP contribution >= 0.6 is 0 Å². The zero-order chi connectivity index (χ0) is 10.8. The topological polar surface area (TPSA) is 50.1 Å². The van der Waals surface area contributed by atoms with Gasteiger partial charge in [-0.25, -0.2) is 0 Å². The largest absolute Gasteiger partial charge is 0.459 e. The fraction of sp³-hybridized carbons (Fsp3) is 0.818. The molecule has 0 radical (unpaired) electrons. The minimum atomic E-state index is -0.431. The van der Waals surface area contributed by atoms with Crippen LogP contribution in [0.2, 0.25) is 0 Å². The number of nitrogens with zero attached hydrogens (tertiary/aromatic N) is 1. The van der Waals surface area contributed by atoms with Gasteiger partial charge in [0.2, 0.25) is 0 Å². The molecule has 1 fully saturated rings. The molecule has 0 amide bonds. The molecular formula is C11H17NO2. The molecule has 0 aromatic carbocycles. The Bertz CT molecular complexity index is 272. The molecule has 14 heavy (non-hydrogen) atoms. The fourth-order valence-electron chi connectivity index (χ4n) is 1.86. The Morgan fingerprint density at radius 2 is 2.14 bits per heavy atom. The van der Waals surface area contributed by atoms with E-state index in [1.54, 1.807) is 6.07 Å². The van der Waals surface area contributed by atoms with Gasteiger partial charge in [-0.1, -0.05) is 6.92 Å². The van der Waals surface area contributed by atoms with Crippen LogP contribution in [0.1, 0.15) is 46.5 Å². The molecule has 0 N–H and O–H groups in total. The minimum Gasteiger partial charge on any atom is -0.459 e. The van der Waals surface area contributed by atoms with Gasteiger partial charge >= 0.3 is 5.97 Å². The van der Waals surface area contributed by atoms with Gasteiger partial charge in [0, 0.05) is 0 Å². The van der Waals surface area contributed by atoms with Crippen molar-refractivity contribution < 1.29 is 9.53 Å². The number of hydrogen-bond donors (Lipinski definition) is 0. The predicted octanol–water partition coefficient (Wildman–Crippen LogP) is 2.41. The molecule has 1 aliphatic carbocycles. The molecule has 0 atom stereocenters. The summed E-state index contributed by atoms with van der Waals surface area (Å²) in [5.74, 6) is -0.415. The molecule has 0 saturated heterocycles. The van der Waals surface area contributed by atoms with Crippen LogP contribution in [0.5, 0.6) is 0 Å². The van der Waals surface area contributed by atoms with Crippen LogP contribution in [0, 0.1) is 16.7 Å². The van der Waals surface area contributed by atoms with Crippen molar-refractivity contribution in [3.8, 4) is 6.07 Å². The molecule has 1 rings (SSSR count). The van der Waals surface area contributed by atoms with Gasteiger partial charge in [0.15, 0.2) is 0 Å². The zero-order valence-corrected chi connectivity index (χ0v) is 9.09. The van der Waals surface area contributed by atoms with Crippen molar-refractivity contribution in [2.45, 2.75) is 52.1 Å². The molecule has 0 spiro atoms. The first-order chi connectivity index (χ1) is 6.37. The number of rotatable bonds is 4. The summed E-state index contributed by atoms with van der Waals surface area (Å²) in [6, 6.07) is 1.79. The van der Waals surface area contributed by atoms with E-state index < -0.39 is 11.6 Å². The summed E-state index contributed by atoms with van der Waals surface area (Å²) >= 11 is 0. The Kier molecular flexibility index (Phi) is 2.84. The smallest absolute Gasteiger partial charge is 0.320 e. The van der Waals surface area contributed by atoms with Crippen LogP contribution in [0.4, 0.5) is 0 Å². The van der Waals surface area contributed by atoms with Crippen LogP contribution < -0.4 is 0 Å². The number of carbonyl (C=O) groups is 1. The maximum atomic E-state index is 11.1. The highest BCUT2D eigenvalue weighted by molar-refractivity contribution is 5.72. The van der Waals surface area contributed by atoms with Crippen LogP contribution in [-0.4, -0.2) is 11.6 Å². The molecule has 0 bridgehead atoms. The van der Waals surface area contributed by atoms with Crippen molar-refractivity contribution in [1.29, 1.82) is 5.26 Å². The van der Waals surface area contributed by atoms with E-state index in [2.05, 4.69) is 6.92 Å². The quantitative estimate of drug-likeness (QED) is 0.647. The first-order valence-electron chi connectivity index (χ1n) is 4.96. The third-order valence-electron chi connectivity index (χ3n) is 2.57. The van der Waals surface area contributed by atoms with E-state index in [1.807, 2.05) is 13.8 Å². The third-order valence-corrected chi connectivity index (χ3v) is 2.57. The highest BCUT2D eigenvalue weighted by Crippen LogP contribution is 2.51. The molecular weight excluding hydrogens is 178 g/mol. The highest BCUT2D eigenvalue weighted by atomic mass is 16.6. The van der Waals surface area contributed by atoms with Crippen molar-refractivity contribution in [2.75, 3.05) is 0 Å². The standard InChI is InChI=1S/C11H17NO2/c1-10(2,8-11(3)5-6-11)14-9(13)4-7-12/h4-6,8H2,1-3H3. The predicted molar refractivity (Wildman–Crippen MR) is 52.4 cm³/mol. The van der Waals surface area contributed by atoms with Crippen LogP contribution in [0.25, 0.3) is 0 Å². The monoisotopic (exact) mass is 195 g/mol. The summed E-state index contributed by atoms with van der Waals surface area (Å²) in [5.41, 5.74) is -0.0738. The van der Waals surface area contributed by atoms with Crippen LogP contribution in [0.3, 0.4) is 0 Å². The molecule has 3 nitrogen and oxygen atoms in total. The average molecular weight is 195 g/mol. The van der Waals surface area contributed by atoms with E-state index in [-0.39, 0.29) is 6.42 Å². The van der Waals surface area contributed by atoms with Gasteiger partial charge in [-0.3, -0.25) is 4.79 Å². The first-order valence-corrected chi connectivity index (χ1v) is 4.96. The van der Waals surface area contributed by atoms with Gasteiger partial charge in [0.25, 0.3) is 0 Å². The van der Waals surface area contributed by atoms with Gasteiger partial charge < -0.3 is 4.74 Å².